The van der Waals surface area contributed by atoms with Crippen LogP contribution in [0.5, 0.6) is 0 Å². The van der Waals surface area contributed by atoms with Gasteiger partial charge in [0, 0.05) is 45.3 Å². The van der Waals surface area contributed by atoms with Crippen LogP contribution in [0.1, 0.15) is 18.4 Å². The molecular formula is C17H26FN3. The van der Waals surface area contributed by atoms with E-state index in [0.717, 1.165) is 37.2 Å². The highest BCUT2D eigenvalue weighted by Crippen LogP contribution is 2.26. The molecule has 3 rings (SSSR count). The van der Waals surface area contributed by atoms with Gasteiger partial charge in [0.1, 0.15) is 5.82 Å². The molecule has 0 bridgehead atoms. The molecule has 2 heterocycles. The average Bonchev–Trinajstić information content (AvgIpc) is 2.48. The van der Waals surface area contributed by atoms with Gasteiger partial charge in [-0.05, 0) is 44.5 Å². The number of piperidine rings is 1. The number of piperazine rings is 1. The highest BCUT2D eigenvalue weighted by molar-refractivity contribution is 5.49. The molecule has 4 heteroatoms. The number of aryl methyl sites for hydroxylation is 1. The summed E-state index contributed by atoms with van der Waals surface area (Å²) in [6, 6.07) is 6.26. The summed E-state index contributed by atoms with van der Waals surface area (Å²) in [5.41, 5.74) is 1.76. The van der Waals surface area contributed by atoms with Crippen molar-refractivity contribution in [1.82, 2.24) is 9.80 Å². The van der Waals surface area contributed by atoms with Crippen LogP contribution in [-0.4, -0.2) is 62.2 Å². The van der Waals surface area contributed by atoms with Crippen molar-refractivity contribution in [2.45, 2.75) is 25.8 Å². The predicted molar refractivity (Wildman–Crippen MR) is 85.4 cm³/mol. The van der Waals surface area contributed by atoms with Crippen molar-refractivity contribution in [2.24, 2.45) is 0 Å². The summed E-state index contributed by atoms with van der Waals surface area (Å²) in [6.45, 7) is 8.58. The molecule has 0 unspecified atom stereocenters. The summed E-state index contributed by atoms with van der Waals surface area (Å²) in [7, 11) is 2.19. The van der Waals surface area contributed by atoms with Gasteiger partial charge in [0.15, 0.2) is 0 Å². The number of rotatable bonds is 2. The second kappa shape index (κ2) is 6.32. The molecule has 2 aliphatic heterocycles. The topological polar surface area (TPSA) is 9.72 Å². The first kappa shape index (κ1) is 14.8. The van der Waals surface area contributed by atoms with Crippen LogP contribution in [0.25, 0.3) is 0 Å². The number of halogens is 1. The van der Waals surface area contributed by atoms with Crippen molar-refractivity contribution in [1.29, 1.82) is 0 Å². The Bertz CT molecular complexity index is 475. The summed E-state index contributed by atoms with van der Waals surface area (Å²) in [6.07, 6.45) is 2.30. The molecule has 0 saturated carbocycles. The van der Waals surface area contributed by atoms with E-state index in [1.807, 2.05) is 19.1 Å². The minimum atomic E-state index is -0.0759. The molecule has 0 atom stereocenters. The largest absolute Gasteiger partial charge is 0.369 e. The fraction of sp³-hybridized carbons (Fsp3) is 0.647. The van der Waals surface area contributed by atoms with Crippen LogP contribution in [0.3, 0.4) is 0 Å². The smallest absolute Gasteiger partial charge is 0.146 e. The first-order valence-corrected chi connectivity index (χ1v) is 8.07. The van der Waals surface area contributed by atoms with Gasteiger partial charge in [-0.2, -0.15) is 0 Å². The Balaban J connectivity index is 1.57. The molecule has 2 saturated heterocycles. The molecule has 2 fully saturated rings. The standard InChI is InChI=1S/C17H26FN3/c1-14-3-4-17(16(18)13-14)21-7-5-15(6-8-21)20-11-9-19(2)10-12-20/h3-4,13,15H,5-12H2,1-2H3. The number of anilines is 1. The molecule has 21 heavy (non-hydrogen) atoms. The Morgan fingerprint density at radius 1 is 1.00 bits per heavy atom. The van der Waals surface area contributed by atoms with Gasteiger partial charge >= 0.3 is 0 Å². The second-order valence-electron chi connectivity index (χ2n) is 6.51. The van der Waals surface area contributed by atoms with E-state index in [4.69, 9.17) is 0 Å². The zero-order valence-electron chi connectivity index (χ0n) is 13.2. The molecular weight excluding hydrogens is 265 g/mol. The lowest BCUT2D eigenvalue weighted by atomic mass is 10.0. The fourth-order valence-electron chi connectivity index (χ4n) is 3.53. The van der Waals surface area contributed by atoms with Crippen molar-refractivity contribution < 1.29 is 4.39 Å². The van der Waals surface area contributed by atoms with Crippen LogP contribution < -0.4 is 4.90 Å². The van der Waals surface area contributed by atoms with Crippen molar-refractivity contribution >= 4 is 5.69 Å². The highest BCUT2D eigenvalue weighted by atomic mass is 19.1. The summed E-state index contributed by atoms with van der Waals surface area (Å²) in [5.74, 6) is -0.0759. The second-order valence-corrected chi connectivity index (χ2v) is 6.51. The van der Waals surface area contributed by atoms with E-state index >= 15 is 0 Å². The third-order valence-corrected chi connectivity index (χ3v) is 4.96. The number of benzene rings is 1. The van der Waals surface area contributed by atoms with Gasteiger partial charge in [0.05, 0.1) is 5.69 Å². The van der Waals surface area contributed by atoms with Gasteiger partial charge in [-0.15, -0.1) is 0 Å². The molecule has 0 aliphatic carbocycles. The third kappa shape index (κ3) is 3.38. The van der Waals surface area contributed by atoms with E-state index in [9.17, 15) is 4.39 Å². The van der Waals surface area contributed by atoms with Crippen LogP contribution in [0.4, 0.5) is 10.1 Å². The molecule has 0 N–H and O–H groups in total. The normalized spacial score (nSPS) is 22.7. The van der Waals surface area contributed by atoms with Crippen LogP contribution in [0.2, 0.25) is 0 Å². The minimum absolute atomic E-state index is 0.0759. The van der Waals surface area contributed by atoms with Crippen LogP contribution in [0, 0.1) is 12.7 Å². The zero-order valence-corrected chi connectivity index (χ0v) is 13.2. The van der Waals surface area contributed by atoms with Crippen molar-refractivity contribution in [3.63, 3.8) is 0 Å². The molecule has 1 aromatic carbocycles. The number of nitrogens with zero attached hydrogens (tertiary/aromatic N) is 3. The summed E-state index contributed by atoms with van der Waals surface area (Å²) in [4.78, 5) is 7.23. The van der Waals surface area contributed by atoms with Crippen LogP contribution in [-0.2, 0) is 0 Å². The van der Waals surface area contributed by atoms with Gasteiger partial charge in [0.2, 0.25) is 0 Å². The van der Waals surface area contributed by atoms with E-state index in [1.165, 1.54) is 26.2 Å². The Hall–Kier alpha value is -1.13. The Morgan fingerprint density at radius 3 is 2.29 bits per heavy atom. The summed E-state index contributed by atoms with van der Waals surface area (Å²) in [5, 5.41) is 0. The van der Waals surface area contributed by atoms with Gasteiger partial charge in [-0.3, -0.25) is 4.90 Å². The van der Waals surface area contributed by atoms with E-state index < -0.39 is 0 Å². The Labute approximate surface area is 127 Å². The molecule has 2 aliphatic rings. The highest BCUT2D eigenvalue weighted by Gasteiger charge is 2.27. The predicted octanol–water partition coefficient (Wildman–Crippen LogP) is 2.35. The lowest BCUT2D eigenvalue weighted by Crippen LogP contribution is -2.52. The first-order valence-electron chi connectivity index (χ1n) is 8.07. The Morgan fingerprint density at radius 2 is 1.67 bits per heavy atom. The van der Waals surface area contributed by atoms with Gasteiger partial charge in [0.25, 0.3) is 0 Å². The molecule has 0 radical (unpaired) electrons. The molecule has 0 spiro atoms. The van der Waals surface area contributed by atoms with E-state index in [0.29, 0.717) is 6.04 Å². The van der Waals surface area contributed by atoms with E-state index in [1.54, 1.807) is 6.07 Å². The van der Waals surface area contributed by atoms with Crippen LogP contribution >= 0.6 is 0 Å². The molecule has 0 aromatic heterocycles. The summed E-state index contributed by atoms with van der Waals surface area (Å²) < 4.78 is 14.1. The quantitative estimate of drug-likeness (QED) is 0.828. The SMILES string of the molecule is Cc1ccc(N2CCC(N3CCN(C)CC3)CC2)c(F)c1. The number of hydrogen-bond donors (Lipinski definition) is 0. The van der Waals surface area contributed by atoms with Gasteiger partial charge in [-0.1, -0.05) is 6.07 Å². The van der Waals surface area contributed by atoms with Crippen molar-refractivity contribution in [3.8, 4) is 0 Å². The van der Waals surface area contributed by atoms with E-state index in [-0.39, 0.29) is 5.82 Å². The zero-order chi connectivity index (χ0) is 14.8. The number of likely N-dealkylation sites (N-methyl/N-ethyl adjacent to an activating group) is 1. The average molecular weight is 291 g/mol. The van der Waals surface area contributed by atoms with Crippen molar-refractivity contribution in [2.75, 3.05) is 51.2 Å². The maximum Gasteiger partial charge on any atom is 0.146 e. The monoisotopic (exact) mass is 291 g/mol. The summed E-state index contributed by atoms with van der Waals surface area (Å²) >= 11 is 0. The van der Waals surface area contributed by atoms with Gasteiger partial charge in [-0.25, -0.2) is 4.39 Å². The Kier molecular flexibility index (Phi) is 4.45. The van der Waals surface area contributed by atoms with Crippen LogP contribution in [0.15, 0.2) is 18.2 Å². The lowest BCUT2D eigenvalue weighted by Gasteiger charge is -2.42. The lowest BCUT2D eigenvalue weighted by molar-refractivity contribution is 0.0981. The van der Waals surface area contributed by atoms with E-state index in [2.05, 4.69) is 21.7 Å². The molecule has 116 valence electrons. The molecule has 0 amide bonds. The minimum Gasteiger partial charge on any atom is -0.369 e. The van der Waals surface area contributed by atoms with Gasteiger partial charge < -0.3 is 9.80 Å². The third-order valence-electron chi connectivity index (χ3n) is 4.96. The maximum absolute atomic E-state index is 14.1. The maximum atomic E-state index is 14.1. The fourth-order valence-corrected chi connectivity index (χ4v) is 3.53. The molecule has 3 nitrogen and oxygen atoms in total. The number of hydrogen-bond acceptors (Lipinski definition) is 3. The first-order chi connectivity index (χ1) is 10.1. The molecule has 1 aromatic rings. The van der Waals surface area contributed by atoms with Crippen molar-refractivity contribution in [3.05, 3.63) is 29.6 Å².